The molecule has 0 aliphatic carbocycles. The third kappa shape index (κ3) is 6.39. The summed E-state index contributed by atoms with van der Waals surface area (Å²) >= 11 is 11.3. The molecule has 0 saturated carbocycles. The van der Waals surface area contributed by atoms with Gasteiger partial charge in [0.1, 0.15) is 19.2 Å². The normalized spacial score (nSPS) is 20.3. The van der Waals surface area contributed by atoms with Crippen LogP contribution in [0.2, 0.25) is 5.02 Å². The first-order valence-corrected chi connectivity index (χ1v) is 9.07. The molecule has 1 fully saturated rings. The number of anilines is 1. The number of quaternary nitrogens is 1. The number of hydrogen-bond acceptors (Lipinski definition) is 4. The largest absolute Gasteiger partial charge is 0.365 e. The molecule has 1 aliphatic heterocycles. The van der Waals surface area contributed by atoms with Crippen LogP contribution >= 0.6 is 23.8 Å². The summed E-state index contributed by atoms with van der Waals surface area (Å²) in [5.74, 6) is 0.653. The zero-order valence-corrected chi connectivity index (χ0v) is 16.0. The van der Waals surface area contributed by atoms with Crippen LogP contribution in [0.1, 0.15) is 13.8 Å². The number of nitro groups is 1. The van der Waals surface area contributed by atoms with Crippen LogP contribution in [-0.4, -0.2) is 48.9 Å². The van der Waals surface area contributed by atoms with Crippen molar-refractivity contribution in [1.82, 2.24) is 5.32 Å². The van der Waals surface area contributed by atoms with E-state index in [9.17, 15) is 10.1 Å². The van der Waals surface area contributed by atoms with Crippen molar-refractivity contribution in [1.29, 1.82) is 0 Å². The Balaban J connectivity index is 1.84. The van der Waals surface area contributed by atoms with Crippen LogP contribution in [0.25, 0.3) is 0 Å². The Morgan fingerprint density at radius 3 is 3.00 bits per heavy atom. The predicted octanol–water partition coefficient (Wildman–Crippen LogP) is 1.47. The first kappa shape index (κ1) is 19.8. The third-order valence-electron chi connectivity index (χ3n) is 3.92. The van der Waals surface area contributed by atoms with Crippen molar-refractivity contribution >= 4 is 40.3 Å². The zero-order valence-electron chi connectivity index (χ0n) is 14.4. The molecule has 2 atom stereocenters. The minimum atomic E-state index is -0.472. The molecule has 1 unspecified atom stereocenters. The maximum atomic E-state index is 10.9. The van der Waals surface area contributed by atoms with Gasteiger partial charge in [0.2, 0.25) is 0 Å². The van der Waals surface area contributed by atoms with Crippen molar-refractivity contribution < 1.29 is 14.6 Å². The van der Waals surface area contributed by atoms with Crippen molar-refractivity contribution in [2.75, 3.05) is 38.1 Å². The van der Waals surface area contributed by atoms with Crippen molar-refractivity contribution in [3.05, 3.63) is 33.3 Å². The van der Waals surface area contributed by atoms with E-state index in [0.29, 0.717) is 28.3 Å². The maximum absolute atomic E-state index is 10.9. The molecular weight excluding hydrogens is 364 g/mol. The van der Waals surface area contributed by atoms with Gasteiger partial charge in [0, 0.05) is 24.6 Å². The van der Waals surface area contributed by atoms with Gasteiger partial charge in [-0.3, -0.25) is 10.1 Å². The number of halogens is 1. The lowest BCUT2D eigenvalue weighted by Gasteiger charge is -2.31. The van der Waals surface area contributed by atoms with E-state index in [2.05, 4.69) is 24.5 Å². The van der Waals surface area contributed by atoms with Crippen molar-refractivity contribution in [3.8, 4) is 0 Å². The van der Waals surface area contributed by atoms with Gasteiger partial charge >= 0.3 is 0 Å². The third-order valence-corrected chi connectivity index (χ3v) is 4.50. The molecule has 3 N–H and O–H groups in total. The highest BCUT2D eigenvalue weighted by molar-refractivity contribution is 7.80. The molecular formula is C16H24ClN4O3S+. The van der Waals surface area contributed by atoms with E-state index in [1.54, 1.807) is 0 Å². The van der Waals surface area contributed by atoms with E-state index in [4.69, 9.17) is 28.6 Å². The number of rotatable bonds is 6. The lowest BCUT2D eigenvalue weighted by molar-refractivity contribution is -0.914. The maximum Gasteiger partial charge on any atom is 0.271 e. The van der Waals surface area contributed by atoms with E-state index in [-0.39, 0.29) is 11.8 Å². The van der Waals surface area contributed by atoms with Crippen LogP contribution in [0.3, 0.4) is 0 Å². The van der Waals surface area contributed by atoms with Gasteiger partial charge in [0.25, 0.3) is 5.69 Å². The Hall–Kier alpha value is -1.48. The van der Waals surface area contributed by atoms with Crippen LogP contribution in [0.15, 0.2) is 18.2 Å². The second-order valence-electron chi connectivity index (χ2n) is 6.55. The van der Waals surface area contributed by atoms with Crippen molar-refractivity contribution in [2.24, 2.45) is 5.92 Å². The molecule has 1 aliphatic rings. The molecule has 2 rings (SSSR count). The lowest BCUT2D eigenvalue weighted by atomic mass is 10.2. The molecule has 1 saturated heterocycles. The SMILES string of the molecule is CC(C)C[NH+]1CCO[C@@H](CNC(=S)Nc2cc([N+](=O)[O-])ccc2Cl)C1. The molecule has 7 nitrogen and oxygen atoms in total. The Bertz CT molecular complexity index is 629. The molecule has 1 aromatic rings. The van der Waals surface area contributed by atoms with Crippen LogP contribution in [-0.2, 0) is 4.74 Å². The number of benzene rings is 1. The van der Waals surface area contributed by atoms with Gasteiger partial charge in [0.15, 0.2) is 5.11 Å². The Morgan fingerprint density at radius 2 is 2.32 bits per heavy atom. The van der Waals surface area contributed by atoms with Crippen LogP contribution in [0, 0.1) is 16.0 Å². The van der Waals surface area contributed by atoms with Gasteiger partial charge < -0.3 is 20.3 Å². The molecule has 0 bridgehead atoms. The molecule has 0 amide bonds. The standard InChI is InChI=1S/C16H23ClN4O3S/c1-11(2)9-20-5-6-24-13(10-20)8-18-16(25)19-15-7-12(21(22)23)3-4-14(15)17/h3-4,7,11,13H,5-6,8-10H2,1-2H3,(H2,18,19,25)/p+1/t13-/m0/s1. The van der Waals surface area contributed by atoms with E-state index in [1.807, 2.05) is 0 Å². The van der Waals surface area contributed by atoms with Gasteiger partial charge in [-0.2, -0.15) is 0 Å². The van der Waals surface area contributed by atoms with E-state index >= 15 is 0 Å². The molecule has 138 valence electrons. The summed E-state index contributed by atoms with van der Waals surface area (Å²) < 4.78 is 5.78. The number of nitrogens with zero attached hydrogens (tertiary/aromatic N) is 1. The monoisotopic (exact) mass is 387 g/mol. The van der Waals surface area contributed by atoms with Crippen LogP contribution in [0.4, 0.5) is 11.4 Å². The summed E-state index contributed by atoms with van der Waals surface area (Å²) in [6, 6.07) is 4.19. The van der Waals surface area contributed by atoms with Gasteiger partial charge in [-0.25, -0.2) is 0 Å². The van der Waals surface area contributed by atoms with Crippen molar-refractivity contribution in [3.63, 3.8) is 0 Å². The van der Waals surface area contributed by atoms with E-state index in [1.165, 1.54) is 23.1 Å². The fourth-order valence-corrected chi connectivity index (χ4v) is 3.20. The Kier molecular flexibility index (Phi) is 7.37. The first-order valence-electron chi connectivity index (χ1n) is 8.29. The number of nitrogens with one attached hydrogen (secondary N) is 3. The van der Waals surface area contributed by atoms with Gasteiger partial charge in [-0.1, -0.05) is 25.4 Å². The predicted molar refractivity (Wildman–Crippen MR) is 102 cm³/mol. The number of thiocarbonyl (C=S) groups is 1. The summed E-state index contributed by atoms with van der Waals surface area (Å²) in [4.78, 5) is 11.9. The average Bonchev–Trinajstić information content (AvgIpc) is 2.54. The highest BCUT2D eigenvalue weighted by Gasteiger charge is 2.24. The van der Waals surface area contributed by atoms with E-state index < -0.39 is 4.92 Å². The zero-order chi connectivity index (χ0) is 18.4. The highest BCUT2D eigenvalue weighted by Crippen LogP contribution is 2.26. The molecule has 1 heterocycles. The first-order chi connectivity index (χ1) is 11.8. The quantitative estimate of drug-likeness (QED) is 0.389. The smallest absolute Gasteiger partial charge is 0.271 e. The lowest BCUT2D eigenvalue weighted by Crippen LogP contribution is -3.15. The number of morpholine rings is 1. The van der Waals surface area contributed by atoms with Gasteiger partial charge in [0.05, 0.1) is 28.8 Å². The van der Waals surface area contributed by atoms with Crippen LogP contribution in [0.5, 0.6) is 0 Å². The second kappa shape index (κ2) is 9.28. The average molecular weight is 388 g/mol. The Morgan fingerprint density at radius 1 is 1.56 bits per heavy atom. The second-order valence-corrected chi connectivity index (χ2v) is 7.37. The molecule has 9 heteroatoms. The number of non-ortho nitro benzene ring substituents is 1. The summed E-state index contributed by atoms with van der Waals surface area (Å²) in [6.45, 7) is 8.86. The highest BCUT2D eigenvalue weighted by atomic mass is 35.5. The summed E-state index contributed by atoms with van der Waals surface area (Å²) in [7, 11) is 0. The minimum absolute atomic E-state index is 0.0433. The van der Waals surface area contributed by atoms with E-state index in [0.717, 1.165) is 26.2 Å². The molecule has 0 aromatic heterocycles. The minimum Gasteiger partial charge on any atom is -0.365 e. The van der Waals surface area contributed by atoms with Crippen LogP contribution < -0.4 is 15.5 Å². The number of nitro benzene ring substituents is 1. The van der Waals surface area contributed by atoms with Gasteiger partial charge in [-0.15, -0.1) is 0 Å². The molecule has 0 spiro atoms. The Labute approximate surface area is 157 Å². The fourth-order valence-electron chi connectivity index (χ4n) is 2.84. The number of hydrogen-bond donors (Lipinski definition) is 3. The molecule has 0 radical (unpaired) electrons. The topological polar surface area (TPSA) is 80.9 Å². The summed E-state index contributed by atoms with van der Waals surface area (Å²) in [5.41, 5.74) is 0.364. The summed E-state index contributed by atoms with van der Waals surface area (Å²) in [6.07, 6.45) is 0.0860. The van der Waals surface area contributed by atoms with Gasteiger partial charge in [-0.05, 0) is 18.3 Å². The molecule has 1 aromatic carbocycles. The van der Waals surface area contributed by atoms with Crippen molar-refractivity contribution in [2.45, 2.75) is 20.0 Å². The summed E-state index contributed by atoms with van der Waals surface area (Å²) in [5, 5.41) is 17.6. The molecule has 25 heavy (non-hydrogen) atoms. The number of ether oxygens (including phenoxy) is 1. The fraction of sp³-hybridized carbons (Fsp3) is 0.562.